The van der Waals surface area contributed by atoms with Crippen molar-refractivity contribution >= 4 is 5.91 Å². The summed E-state index contributed by atoms with van der Waals surface area (Å²) in [4.78, 5) is 14.9. The maximum absolute atomic E-state index is 12.6. The van der Waals surface area contributed by atoms with Crippen LogP contribution in [0.5, 0.6) is 5.75 Å². The predicted octanol–water partition coefficient (Wildman–Crippen LogP) is 3.77. The van der Waals surface area contributed by atoms with Crippen LogP contribution in [0.25, 0.3) is 22.4 Å². The summed E-state index contributed by atoms with van der Waals surface area (Å²) in [6.45, 7) is 8.12. The van der Waals surface area contributed by atoms with Crippen molar-refractivity contribution in [2.45, 2.75) is 26.8 Å². The summed E-state index contributed by atoms with van der Waals surface area (Å²) in [5.74, 6) is 0.148. The Morgan fingerprint density at radius 3 is 2.40 bits per heavy atom. The number of carbonyl (C=O) groups is 1. The molecular formula is C24H30N4O2. The molecule has 0 aliphatic heterocycles. The average Bonchev–Trinajstić information content (AvgIpc) is 3.18. The zero-order chi connectivity index (χ0) is 21.3. The van der Waals surface area contributed by atoms with Crippen LogP contribution >= 0.6 is 0 Å². The molecule has 1 heterocycles. The zero-order valence-corrected chi connectivity index (χ0v) is 17.7. The molecule has 0 unspecified atom stereocenters. The van der Waals surface area contributed by atoms with E-state index in [0.717, 1.165) is 48.4 Å². The van der Waals surface area contributed by atoms with Crippen molar-refractivity contribution in [3.8, 4) is 28.1 Å². The van der Waals surface area contributed by atoms with Crippen LogP contribution < -0.4 is 5.32 Å². The molecule has 2 aromatic carbocycles. The van der Waals surface area contributed by atoms with Crippen molar-refractivity contribution in [2.24, 2.45) is 0 Å². The smallest absolute Gasteiger partial charge is 0.241 e. The molecule has 158 valence electrons. The van der Waals surface area contributed by atoms with Gasteiger partial charge in [-0.25, -0.2) is 0 Å². The van der Waals surface area contributed by atoms with Gasteiger partial charge in [-0.3, -0.25) is 9.48 Å². The number of amides is 1. The number of aromatic nitrogens is 2. The van der Waals surface area contributed by atoms with Gasteiger partial charge in [-0.15, -0.1) is 0 Å². The molecule has 6 nitrogen and oxygen atoms in total. The van der Waals surface area contributed by atoms with Gasteiger partial charge in [0.15, 0.2) is 0 Å². The second-order valence-electron chi connectivity index (χ2n) is 7.21. The summed E-state index contributed by atoms with van der Waals surface area (Å²) in [6, 6.07) is 17.0. The minimum atomic E-state index is -0.0581. The van der Waals surface area contributed by atoms with Crippen molar-refractivity contribution in [1.82, 2.24) is 20.0 Å². The Morgan fingerprint density at radius 2 is 1.73 bits per heavy atom. The molecule has 6 heteroatoms. The monoisotopic (exact) mass is 406 g/mol. The third-order valence-corrected chi connectivity index (χ3v) is 5.23. The minimum Gasteiger partial charge on any atom is -0.508 e. The Hall–Kier alpha value is -3.12. The maximum Gasteiger partial charge on any atom is 0.241 e. The number of benzene rings is 2. The van der Waals surface area contributed by atoms with Gasteiger partial charge in [-0.1, -0.05) is 44.2 Å². The number of carbonyl (C=O) groups excluding carboxylic acids is 1. The lowest BCUT2D eigenvalue weighted by Gasteiger charge is -2.17. The Balaban J connectivity index is 1.75. The molecule has 0 saturated carbocycles. The van der Waals surface area contributed by atoms with Gasteiger partial charge in [0.05, 0.1) is 11.9 Å². The minimum absolute atomic E-state index is 0.0581. The lowest BCUT2D eigenvalue weighted by atomic mass is 10.0. The summed E-state index contributed by atoms with van der Waals surface area (Å²) < 4.78 is 1.73. The maximum atomic E-state index is 12.6. The van der Waals surface area contributed by atoms with Crippen molar-refractivity contribution in [3.63, 3.8) is 0 Å². The van der Waals surface area contributed by atoms with E-state index in [1.165, 1.54) is 0 Å². The lowest BCUT2D eigenvalue weighted by Crippen LogP contribution is -2.32. The topological polar surface area (TPSA) is 70.4 Å². The predicted molar refractivity (Wildman–Crippen MR) is 120 cm³/mol. The highest BCUT2D eigenvalue weighted by molar-refractivity contribution is 5.83. The summed E-state index contributed by atoms with van der Waals surface area (Å²) >= 11 is 0. The molecule has 0 saturated heterocycles. The van der Waals surface area contributed by atoms with Gasteiger partial charge in [0, 0.05) is 17.7 Å². The van der Waals surface area contributed by atoms with Gasteiger partial charge in [0.2, 0.25) is 5.91 Å². The molecule has 0 bridgehead atoms. The van der Waals surface area contributed by atoms with Gasteiger partial charge >= 0.3 is 0 Å². The number of rotatable bonds is 10. The van der Waals surface area contributed by atoms with E-state index in [9.17, 15) is 9.90 Å². The largest absolute Gasteiger partial charge is 0.508 e. The van der Waals surface area contributed by atoms with Crippen molar-refractivity contribution < 1.29 is 9.90 Å². The van der Waals surface area contributed by atoms with Gasteiger partial charge in [0.1, 0.15) is 12.3 Å². The van der Waals surface area contributed by atoms with Gasteiger partial charge < -0.3 is 15.3 Å². The van der Waals surface area contributed by atoms with Crippen molar-refractivity contribution in [3.05, 3.63) is 60.8 Å². The Morgan fingerprint density at radius 1 is 1.03 bits per heavy atom. The number of hydrogen-bond donors (Lipinski definition) is 2. The fourth-order valence-electron chi connectivity index (χ4n) is 3.52. The van der Waals surface area contributed by atoms with E-state index in [4.69, 9.17) is 0 Å². The molecule has 0 radical (unpaired) electrons. The fraction of sp³-hybridized carbons (Fsp3) is 0.333. The van der Waals surface area contributed by atoms with Crippen molar-refractivity contribution in [1.29, 1.82) is 0 Å². The second kappa shape index (κ2) is 10.6. The summed E-state index contributed by atoms with van der Waals surface area (Å²) in [7, 11) is 0. The van der Waals surface area contributed by atoms with Gasteiger partial charge in [-0.2, -0.15) is 5.10 Å². The molecule has 0 spiro atoms. The van der Waals surface area contributed by atoms with E-state index in [0.29, 0.717) is 6.54 Å². The van der Waals surface area contributed by atoms with Crippen LogP contribution in [0.3, 0.4) is 0 Å². The molecule has 1 aromatic heterocycles. The molecule has 1 amide bonds. The quantitative estimate of drug-likeness (QED) is 0.503. The average molecular weight is 407 g/mol. The normalized spacial score (nSPS) is 11.0. The number of aromatic hydroxyl groups is 1. The molecule has 0 atom stereocenters. The second-order valence-corrected chi connectivity index (χ2v) is 7.21. The van der Waals surface area contributed by atoms with Crippen LogP contribution in [0, 0.1) is 0 Å². The van der Waals surface area contributed by atoms with Gasteiger partial charge in [-0.05, 0) is 55.9 Å². The third kappa shape index (κ3) is 5.48. The van der Waals surface area contributed by atoms with E-state index in [1.807, 2.05) is 42.5 Å². The van der Waals surface area contributed by atoms with E-state index >= 15 is 0 Å². The van der Waals surface area contributed by atoms with Gasteiger partial charge in [0.25, 0.3) is 0 Å². The number of nitrogens with zero attached hydrogens (tertiary/aromatic N) is 3. The highest BCUT2D eigenvalue weighted by atomic mass is 16.3. The van der Waals surface area contributed by atoms with Crippen LogP contribution in [-0.2, 0) is 11.3 Å². The lowest BCUT2D eigenvalue weighted by molar-refractivity contribution is -0.121. The standard InChI is InChI=1S/C24H30N4O2/c1-3-27(4-2)16-8-15-25-23(30)18-28-24(20-11-13-21(29)14-12-20)22(17-26-28)19-9-6-5-7-10-19/h5-7,9-14,17,29H,3-4,8,15-16,18H2,1-2H3,(H,25,30). The Kier molecular flexibility index (Phi) is 7.63. The first-order chi connectivity index (χ1) is 14.6. The molecule has 2 N–H and O–H groups in total. The van der Waals surface area contributed by atoms with Crippen LogP contribution in [-0.4, -0.2) is 51.9 Å². The molecule has 0 fully saturated rings. The summed E-state index contributed by atoms with van der Waals surface area (Å²) in [5.41, 5.74) is 3.75. The third-order valence-electron chi connectivity index (χ3n) is 5.23. The number of phenols is 1. The molecule has 0 aliphatic rings. The highest BCUT2D eigenvalue weighted by Crippen LogP contribution is 2.32. The van der Waals surface area contributed by atoms with E-state index < -0.39 is 0 Å². The Bertz CT molecular complexity index is 932. The van der Waals surface area contributed by atoms with E-state index in [-0.39, 0.29) is 18.2 Å². The molecular weight excluding hydrogens is 376 g/mol. The van der Waals surface area contributed by atoms with Crippen LogP contribution in [0.15, 0.2) is 60.8 Å². The molecule has 30 heavy (non-hydrogen) atoms. The first kappa shape index (κ1) is 21.6. The SMILES string of the molecule is CCN(CC)CCCNC(=O)Cn1ncc(-c2ccccc2)c1-c1ccc(O)cc1. The highest BCUT2D eigenvalue weighted by Gasteiger charge is 2.16. The van der Waals surface area contributed by atoms with Crippen LogP contribution in [0.2, 0.25) is 0 Å². The number of phenolic OH excluding ortho intramolecular Hbond substituents is 1. The van der Waals surface area contributed by atoms with Crippen molar-refractivity contribution in [2.75, 3.05) is 26.2 Å². The summed E-state index contributed by atoms with van der Waals surface area (Å²) in [5, 5.41) is 17.2. The number of nitrogens with one attached hydrogen (secondary N) is 1. The molecule has 0 aliphatic carbocycles. The fourth-order valence-corrected chi connectivity index (χ4v) is 3.52. The first-order valence-corrected chi connectivity index (χ1v) is 10.5. The van der Waals surface area contributed by atoms with E-state index in [1.54, 1.807) is 23.0 Å². The molecule has 3 rings (SSSR count). The molecule has 3 aromatic rings. The summed E-state index contributed by atoms with van der Waals surface area (Å²) in [6.07, 6.45) is 2.72. The number of hydrogen-bond acceptors (Lipinski definition) is 4. The van der Waals surface area contributed by atoms with Crippen LogP contribution in [0.4, 0.5) is 0 Å². The van der Waals surface area contributed by atoms with E-state index in [2.05, 4.69) is 29.2 Å². The van der Waals surface area contributed by atoms with Crippen LogP contribution in [0.1, 0.15) is 20.3 Å². The zero-order valence-electron chi connectivity index (χ0n) is 17.7. The Labute approximate surface area is 178 Å². The first-order valence-electron chi connectivity index (χ1n) is 10.5.